The molecule has 1 aromatic rings. The Morgan fingerprint density at radius 3 is 2.10 bits per heavy atom. The zero-order chi connectivity index (χ0) is 6.97. The van der Waals surface area contributed by atoms with Crippen LogP contribution < -0.4 is 10.7 Å². The second-order valence-electron chi connectivity index (χ2n) is 2.38. The lowest BCUT2D eigenvalue weighted by molar-refractivity contribution is 0.787. The molecule has 1 aliphatic heterocycles. The van der Waals surface area contributed by atoms with Gasteiger partial charge in [-0.1, -0.05) is 12.1 Å². The van der Waals surface area contributed by atoms with Crippen LogP contribution in [0.1, 0.15) is 6.92 Å². The van der Waals surface area contributed by atoms with E-state index in [-0.39, 0.29) is 6.17 Å². The highest BCUT2D eigenvalue weighted by atomic mass is 15.0. The molecule has 0 saturated heterocycles. The zero-order valence-corrected chi connectivity index (χ0v) is 5.78. The highest BCUT2D eigenvalue weighted by Crippen LogP contribution is 1.90. The molecule has 0 radical (unpaired) electrons. The number of hydrogen-bond acceptors (Lipinski definition) is 2. The van der Waals surface area contributed by atoms with E-state index in [4.69, 9.17) is 0 Å². The Kier molecular flexibility index (Phi) is 1.07. The van der Waals surface area contributed by atoms with Gasteiger partial charge in [-0.3, -0.25) is 9.98 Å². The molecule has 0 atom stereocenters. The lowest BCUT2D eigenvalue weighted by atomic mass is 10.3. The summed E-state index contributed by atoms with van der Waals surface area (Å²) in [5.41, 5.74) is 0. The first kappa shape index (κ1) is 5.59. The monoisotopic (exact) mass is 132 g/mol. The number of hydrogen-bond donors (Lipinski definition) is 0. The minimum Gasteiger partial charge on any atom is -0.257 e. The molecule has 1 heterocycles. The predicted octanol–water partition coefficient (Wildman–Crippen LogP) is 0.285. The number of fused-ring (bicyclic) bond motifs is 1. The fourth-order valence-electron chi connectivity index (χ4n) is 1.11. The van der Waals surface area contributed by atoms with Crippen molar-refractivity contribution >= 4 is 0 Å². The van der Waals surface area contributed by atoms with Crippen molar-refractivity contribution in [2.45, 2.75) is 13.1 Å². The molecule has 50 valence electrons. The quantitative estimate of drug-likeness (QED) is 0.484. The van der Waals surface area contributed by atoms with Crippen molar-refractivity contribution in [2.75, 3.05) is 0 Å². The topological polar surface area (TPSA) is 24.7 Å². The molecule has 0 bridgehead atoms. The van der Waals surface area contributed by atoms with Crippen LogP contribution in [0.4, 0.5) is 0 Å². The molecule has 2 nitrogen and oxygen atoms in total. The lowest BCUT2D eigenvalue weighted by Crippen LogP contribution is -2.19. The summed E-state index contributed by atoms with van der Waals surface area (Å²) in [4.78, 5) is 8.57. The Bertz CT molecular complexity index is 319. The van der Waals surface area contributed by atoms with Gasteiger partial charge in [-0.25, -0.2) is 0 Å². The Labute approximate surface area is 58.9 Å². The van der Waals surface area contributed by atoms with E-state index in [9.17, 15) is 0 Å². The number of nitrogens with zero attached hydrogens (tertiary/aromatic N) is 2. The van der Waals surface area contributed by atoms with Gasteiger partial charge in [0.2, 0.25) is 0 Å². The fraction of sp³-hybridized carbons (Fsp3) is 0.250. The molecular weight excluding hydrogens is 124 g/mol. The van der Waals surface area contributed by atoms with E-state index in [1.807, 2.05) is 31.2 Å². The van der Waals surface area contributed by atoms with Crippen LogP contribution in [0.5, 0.6) is 0 Å². The molecule has 1 aliphatic rings. The van der Waals surface area contributed by atoms with E-state index in [0.717, 1.165) is 10.7 Å². The van der Waals surface area contributed by atoms with E-state index >= 15 is 0 Å². The molecule has 0 aliphatic carbocycles. The van der Waals surface area contributed by atoms with Crippen molar-refractivity contribution in [3.63, 3.8) is 0 Å². The molecule has 1 aromatic carbocycles. The van der Waals surface area contributed by atoms with Crippen LogP contribution in [0, 0.1) is 0 Å². The Morgan fingerprint density at radius 1 is 1.10 bits per heavy atom. The highest BCUT2D eigenvalue weighted by Gasteiger charge is 2.00. The van der Waals surface area contributed by atoms with E-state index < -0.39 is 0 Å². The third-order valence-electron chi connectivity index (χ3n) is 1.53. The molecule has 0 amide bonds. The molecule has 10 heavy (non-hydrogen) atoms. The van der Waals surface area contributed by atoms with E-state index in [1.54, 1.807) is 0 Å². The summed E-state index contributed by atoms with van der Waals surface area (Å²) < 4.78 is 0. The Balaban J connectivity index is 2.83. The summed E-state index contributed by atoms with van der Waals surface area (Å²) in [5, 5.41) is 2.05. The van der Waals surface area contributed by atoms with Crippen LogP contribution in [0.25, 0.3) is 0 Å². The summed E-state index contributed by atoms with van der Waals surface area (Å²) in [6.45, 7) is 1.99. The fourth-order valence-corrected chi connectivity index (χ4v) is 1.11. The molecular formula is C8H8N2. The maximum absolute atomic E-state index is 4.29. The average molecular weight is 132 g/mol. The third-order valence-corrected chi connectivity index (χ3v) is 1.53. The van der Waals surface area contributed by atoms with Crippen molar-refractivity contribution in [1.82, 2.24) is 0 Å². The molecule has 0 aromatic heterocycles. The molecule has 2 heteroatoms. The number of rotatable bonds is 0. The Hall–Kier alpha value is -1.18. The van der Waals surface area contributed by atoms with Crippen molar-refractivity contribution in [1.29, 1.82) is 0 Å². The van der Waals surface area contributed by atoms with Gasteiger partial charge in [0.1, 0.15) is 6.17 Å². The van der Waals surface area contributed by atoms with Gasteiger partial charge in [-0.15, -0.1) is 0 Å². The van der Waals surface area contributed by atoms with E-state index in [0.29, 0.717) is 0 Å². The second kappa shape index (κ2) is 1.90. The van der Waals surface area contributed by atoms with Gasteiger partial charge >= 0.3 is 0 Å². The van der Waals surface area contributed by atoms with Crippen molar-refractivity contribution in [2.24, 2.45) is 9.98 Å². The van der Waals surface area contributed by atoms with Crippen LogP contribution in [-0.2, 0) is 0 Å². The first-order valence-corrected chi connectivity index (χ1v) is 3.37. The smallest absolute Gasteiger partial charge is 0.138 e. The highest BCUT2D eigenvalue weighted by molar-refractivity contribution is 5.03. The normalized spacial score (nSPS) is 15.7. The summed E-state index contributed by atoms with van der Waals surface area (Å²) >= 11 is 0. The summed E-state index contributed by atoms with van der Waals surface area (Å²) in [7, 11) is 0. The molecule has 0 saturated carbocycles. The van der Waals surface area contributed by atoms with Gasteiger partial charge in [0.15, 0.2) is 0 Å². The lowest BCUT2D eigenvalue weighted by Gasteiger charge is -1.85. The van der Waals surface area contributed by atoms with Gasteiger partial charge < -0.3 is 0 Å². The van der Waals surface area contributed by atoms with E-state index in [1.165, 1.54) is 0 Å². The standard InChI is InChI=1S/C8H8N2/c1-6-9-7-4-2-3-5-8(7)10-6/h2-6H,1H3. The molecule has 2 rings (SSSR count). The number of para-hydroxylation sites is 2. The van der Waals surface area contributed by atoms with Crippen LogP contribution in [0.3, 0.4) is 0 Å². The van der Waals surface area contributed by atoms with Crippen LogP contribution in [0.2, 0.25) is 0 Å². The molecule has 0 fully saturated rings. The zero-order valence-electron chi connectivity index (χ0n) is 5.78. The minimum atomic E-state index is 0.123. The molecule has 0 unspecified atom stereocenters. The van der Waals surface area contributed by atoms with E-state index in [2.05, 4.69) is 9.98 Å². The maximum Gasteiger partial charge on any atom is 0.138 e. The third kappa shape index (κ3) is 0.727. The Morgan fingerprint density at radius 2 is 1.60 bits per heavy atom. The van der Waals surface area contributed by atoms with Gasteiger partial charge in [0.05, 0.1) is 10.7 Å². The average Bonchev–Trinajstić information content (AvgIpc) is 2.27. The summed E-state index contributed by atoms with van der Waals surface area (Å²) in [6.07, 6.45) is 0.123. The van der Waals surface area contributed by atoms with Gasteiger partial charge in [-0.05, 0) is 19.1 Å². The summed E-state index contributed by atoms with van der Waals surface area (Å²) in [5.74, 6) is 0. The molecule has 0 spiro atoms. The summed E-state index contributed by atoms with van der Waals surface area (Å²) in [6, 6.07) is 7.94. The van der Waals surface area contributed by atoms with Gasteiger partial charge in [0, 0.05) is 0 Å². The number of benzene rings is 1. The first-order chi connectivity index (χ1) is 4.86. The van der Waals surface area contributed by atoms with Crippen molar-refractivity contribution < 1.29 is 0 Å². The predicted molar refractivity (Wildman–Crippen MR) is 38.2 cm³/mol. The SMILES string of the molecule is CC1N=c2ccccc2=N1. The minimum absolute atomic E-state index is 0.123. The first-order valence-electron chi connectivity index (χ1n) is 3.37. The van der Waals surface area contributed by atoms with Crippen LogP contribution >= 0.6 is 0 Å². The largest absolute Gasteiger partial charge is 0.257 e. The molecule has 0 N–H and O–H groups in total. The van der Waals surface area contributed by atoms with Crippen LogP contribution in [0.15, 0.2) is 34.3 Å². The van der Waals surface area contributed by atoms with Crippen LogP contribution in [-0.4, -0.2) is 6.17 Å². The second-order valence-corrected chi connectivity index (χ2v) is 2.38. The van der Waals surface area contributed by atoms with Crippen molar-refractivity contribution in [3.8, 4) is 0 Å². The van der Waals surface area contributed by atoms with Gasteiger partial charge in [-0.2, -0.15) is 0 Å². The maximum atomic E-state index is 4.29. The van der Waals surface area contributed by atoms with Crippen molar-refractivity contribution in [3.05, 3.63) is 35.0 Å². The van der Waals surface area contributed by atoms with Gasteiger partial charge in [0.25, 0.3) is 0 Å².